The van der Waals surface area contributed by atoms with Gasteiger partial charge in [0.1, 0.15) is 29.4 Å². The van der Waals surface area contributed by atoms with Gasteiger partial charge in [-0.05, 0) is 61.0 Å². The van der Waals surface area contributed by atoms with E-state index in [0.29, 0.717) is 11.6 Å². The molecule has 1 atom stereocenters. The summed E-state index contributed by atoms with van der Waals surface area (Å²) in [5.41, 5.74) is -1.15. The van der Waals surface area contributed by atoms with Crippen LogP contribution in [0, 0.1) is 12.7 Å². The molecule has 0 aliphatic heterocycles. The predicted molar refractivity (Wildman–Crippen MR) is 149 cm³/mol. The Labute approximate surface area is 260 Å². The highest BCUT2D eigenvalue weighted by Gasteiger charge is 2.56. The molecule has 2 heterocycles. The van der Waals surface area contributed by atoms with Crippen LogP contribution >= 0.6 is 0 Å². The zero-order valence-electron chi connectivity index (χ0n) is 24.0. The molecule has 0 bridgehead atoms. The normalized spacial score (nSPS) is 13.1. The van der Waals surface area contributed by atoms with Crippen molar-refractivity contribution in [3.63, 3.8) is 0 Å². The summed E-state index contributed by atoms with van der Waals surface area (Å²) in [5, 5.41) is 13.1. The lowest BCUT2D eigenvalue weighted by Crippen LogP contribution is -2.51. The second-order valence-electron chi connectivity index (χ2n) is 10.2. The Morgan fingerprint density at radius 2 is 1.72 bits per heavy atom. The largest absolute Gasteiger partial charge is 0.485 e. The second-order valence-corrected chi connectivity index (χ2v) is 10.2. The van der Waals surface area contributed by atoms with Crippen molar-refractivity contribution in [2.45, 2.75) is 38.2 Å². The quantitative estimate of drug-likeness (QED) is 0.176. The molecule has 0 fully saturated rings. The maximum absolute atomic E-state index is 14.6. The average molecular weight is 673 g/mol. The Balaban J connectivity index is 1.81. The van der Waals surface area contributed by atoms with Gasteiger partial charge in [0.25, 0.3) is 12.3 Å². The fourth-order valence-electron chi connectivity index (χ4n) is 4.52. The van der Waals surface area contributed by atoms with E-state index in [1.807, 2.05) is 5.32 Å². The van der Waals surface area contributed by atoms with E-state index in [1.165, 1.54) is 12.3 Å². The number of carbonyl (C=O) groups is 2. The molecule has 17 heteroatoms. The molecule has 0 unspecified atom stereocenters. The molecule has 2 amide bonds. The Bertz CT molecular complexity index is 1790. The monoisotopic (exact) mass is 672 g/mol. The first-order chi connectivity index (χ1) is 22.0. The number of alkyl halides is 7. The number of aliphatic hydroxyl groups is 1. The lowest BCUT2D eigenvalue weighted by atomic mass is 9.93. The second kappa shape index (κ2) is 13.7. The van der Waals surface area contributed by atoms with Crippen LogP contribution in [0.2, 0.25) is 0 Å². The summed E-state index contributed by atoms with van der Waals surface area (Å²) in [5.74, 6) is -4.29. The number of pyridine rings is 2. The van der Waals surface area contributed by atoms with Crippen LogP contribution < -0.4 is 20.5 Å². The van der Waals surface area contributed by atoms with E-state index in [9.17, 15) is 49.8 Å². The number of primary amides is 1. The number of nitrogens with zero attached hydrogens (tertiary/aromatic N) is 2. The summed E-state index contributed by atoms with van der Waals surface area (Å²) in [6, 6.07) is 7.83. The number of hydrogen-bond acceptors (Lipinski definition) is 7. The van der Waals surface area contributed by atoms with Gasteiger partial charge in [0.15, 0.2) is 5.75 Å². The summed E-state index contributed by atoms with van der Waals surface area (Å²) in [4.78, 5) is 32.7. The van der Waals surface area contributed by atoms with Crippen LogP contribution in [-0.2, 0) is 16.8 Å². The maximum Gasteiger partial charge on any atom is 0.424 e. The Kier molecular flexibility index (Phi) is 10.2. The van der Waals surface area contributed by atoms with Gasteiger partial charge in [-0.3, -0.25) is 14.6 Å². The lowest BCUT2D eigenvalue weighted by molar-refractivity contribution is -0.265. The molecule has 0 saturated carbocycles. The molecule has 4 N–H and O–H groups in total. The highest BCUT2D eigenvalue weighted by Crippen LogP contribution is 2.42. The van der Waals surface area contributed by atoms with Gasteiger partial charge >= 0.3 is 12.8 Å². The van der Waals surface area contributed by atoms with Gasteiger partial charge in [0, 0.05) is 28.3 Å². The minimum Gasteiger partial charge on any atom is -0.485 e. The first kappa shape index (κ1) is 34.8. The third kappa shape index (κ3) is 8.03. The van der Waals surface area contributed by atoms with E-state index in [1.54, 1.807) is 6.92 Å². The van der Waals surface area contributed by atoms with Gasteiger partial charge in [-0.1, -0.05) is 0 Å². The number of fused-ring (bicyclic) bond motifs is 1. The van der Waals surface area contributed by atoms with Crippen molar-refractivity contribution in [3.05, 3.63) is 82.9 Å². The predicted octanol–water partition coefficient (Wildman–Crippen LogP) is 5.20. The maximum atomic E-state index is 14.6. The fraction of sp³-hybridized carbons (Fsp3) is 0.267. The van der Waals surface area contributed by atoms with Crippen molar-refractivity contribution in [2.75, 3.05) is 13.2 Å². The summed E-state index contributed by atoms with van der Waals surface area (Å²) >= 11 is 0. The number of aromatic nitrogens is 2. The van der Waals surface area contributed by atoms with E-state index in [0.717, 1.165) is 36.4 Å². The third-order valence-corrected chi connectivity index (χ3v) is 6.65. The van der Waals surface area contributed by atoms with Crippen LogP contribution in [0.3, 0.4) is 0 Å². The summed E-state index contributed by atoms with van der Waals surface area (Å²) in [6.07, 6.45) is -8.18. The molecule has 2 aromatic carbocycles. The van der Waals surface area contributed by atoms with E-state index in [4.69, 9.17) is 10.5 Å². The highest BCUT2D eigenvalue weighted by atomic mass is 19.4. The smallest absolute Gasteiger partial charge is 0.424 e. The lowest BCUT2D eigenvalue weighted by Gasteiger charge is -2.31. The SMILES string of the molecule is Cc1cnc2c(OC(F)F)cc(C(=O)NC[C@](O)(c3cc(CC(N)=O)c(OCC(F)F)c(-c4ccc(F)cc4)n3)C(F)(F)F)cc2c1. The number of rotatable bonds is 12. The number of ether oxygens (including phenoxy) is 2. The van der Waals surface area contributed by atoms with E-state index < -0.39 is 96.0 Å². The third-order valence-electron chi connectivity index (χ3n) is 6.65. The number of nitrogens with two attached hydrogens (primary N) is 1. The van der Waals surface area contributed by atoms with E-state index >= 15 is 0 Å². The van der Waals surface area contributed by atoms with Crippen molar-refractivity contribution in [1.29, 1.82) is 0 Å². The number of hydrogen-bond donors (Lipinski definition) is 3. The Morgan fingerprint density at radius 3 is 2.32 bits per heavy atom. The van der Waals surface area contributed by atoms with Crippen molar-refractivity contribution in [1.82, 2.24) is 15.3 Å². The average Bonchev–Trinajstić information content (AvgIpc) is 2.97. The fourth-order valence-corrected chi connectivity index (χ4v) is 4.52. The number of nitrogens with one attached hydrogen (secondary N) is 1. The van der Waals surface area contributed by atoms with Crippen molar-refractivity contribution < 1.29 is 59.3 Å². The van der Waals surface area contributed by atoms with Gasteiger partial charge in [0.05, 0.1) is 18.7 Å². The van der Waals surface area contributed by atoms with E-state index in [2.05, 4.69) is 14.7 Å². The number of benzene rings is 2. The number of halogens is 8. The molecule has 4 aromatic rings. The molecule has 4 rings (SSSR count). The van der Waals surface area contributed by atoms with Crippen LogP contribution in [0.25, 0.3) is 22.2 Å². The molecule has 0 saturated heterocycles. The Hall–Kier alpha value is -5.06. The number of carbonyl (C=O) groups excluding carboxylic acids is 2. The van der Waals surface area contributed by atoms with Crippen LogP contribution in [0.15, 0.2) is 54.7 Å². The molecule has 0 aliphatic carbocycles. The first-order valence-electron chi connectivity index (χ1n) is 13.4. The molecule has 0 radical (unpaired) electrons. The topological polar surface area (TPSA) is 137 Å². The van der Waals surface area contributed by atoms with Crippen LogP contribution in [0.1, 0.15) is 27.2 Å². The molecule has 2 aromatic heterocycles. The zero-order valence-corrected chi connectivity index (χ0v) is 24.0. The zero-order chi connectivity index (χ0) is 34.7. The van der Waals surface area contributed by atoms with Gasteiger partial charge in [-0.25, -0.2) is 18.2 Å². The number of amides is 2. The van der Waals surface area contributed by atoms with Crippen molar-refractivity contribution in [3.8, 4) is 22.8 Å². The molecular weight excluding hydrogens is 648 g/mol. The Morgan fingerprint density at radius 1 is 1.04 bits per heavy atom. The van der Waals surface area contributed by atoms with Crippen LogP contribution in [0.4, 0.5) is 35.1 Å². The van der Waals surface area contributed by atoms with Crippen LogP contribution in [-0.4, -0.2) is 59.3 Å². The molecule has 0 spiro atoms. The van der Waals surface area contributed by atoms with Gasteiger partial charge in [0.2, 0.25) is 11.5 Å². The van der Waals surface area contributed by atoms with Crippen LogP contribution in [0.5, 0.6) is 11.5 Å². The molecule has 47 heavy (non-hydrogen) atoms. The minimum absolute atomic E-state index is 0.0621. The van der Waals surface area contributed by atoms with E-state index in [-0.39, 0.29) is 16.5 Å². The first-order valence-corrected chi connectivity index (χ1v) is 13.4. The van der Waals surface area contributed by atoms with Gasteiger partial charge < -0.3 is 25.6 Å². The summed E-state index contributed by atoms with van der Waals surface area (Å²) in [6.45, 7) is -4.62. The number of aryl methyl sites for hydroxylation is 1. The molecule has 250 valence electrons. The highest BCUT2D eigenvalue weighted by molar-refractivity contribution is 6.00. The van der Waals surface area contributed by atoms with Crippen molar-refractivity contribution >= 4 is 22.7 Å². The van der Waals surface area contributed by atoms with Crippen molar-refractivity contribution in [2.24, 2.45) is 5.73 Å². The minimum atomic E-state index is -5.59. The standard InChI is InChI=1S/C30H24F8N4O5/c1-14-6-16-7-18(8-20(47-28(34)35)24(16)40-11-14)27(44)41-13-29(45,30(36,37)38)21-9-17(10-23(39)43)26(46-12-22(32)33)25(42-21)15-2-4-19(31)5-3-15/h2-9,11,22,28,45H,10,12-13H2,1H3,(H2,39,43)(H,41,44)/t29-/m0/s1. The molecular formula is C30H24F8N4O5. The summed E-state index contributed by atoms with van der Waals surface area (Å²) < 4.78 is 119. The van der Waals surface area contributed by atoms with Gasteiger partial charge in [-0.2, -0.15) is 22.0 Å². The van der Waals surface area contributed by atoms with Gasteiger partial charge in [-0.15, -0.1) is 0 Å². The molecule has 0 aliphatic rings. The molecule has 9 nitrogen and oxygen atoms in total. The summed E-state index contributed by atoms with van der Waals surface area (Å²) in [7, 11) is 0.